The fourth-order valence-electron chi connectivity index (χ4n) is 4.66. The van der Waals surface area contributed by atoms with Crippen LogP contribution in [0.1, 0.15) is 54.2 Å². The third-order valence-electron chi connectivity index (χ3n) is 6.58. The zero-order chi connectivity index (χ0) is 25.1. The van der Waals surface area contributed by atoms with E-state index in [1.807, 2.05) is 42.5 Å². The van der Waals surface area contributed by atoms with Crippen molar-refractivity contribution < 1.29 is 14.3 Å². The monoisotopic (exact) mass is 480 g/mol. The SMILES string of the molecule is COc1cccc(/C=C/c2nc3ccccn3c(=O)c2-c2ccc(C(C)=O)cc2)c1OC1CCCC1. The molecule has 1 saturated carbocycles. The van der Waals surface area contributed by atoms with E-state index in [0.29, 0.717) is 39.5 Å². The van der Waals surface area contributed by atoms with Crippen molar-refractivity contribution in [3.63, 3.8) is 0 Å². The average molecular weight is 481 g/mol. The van der Waals surface area contributed by atoms with Crippen LogP contribution in [0.15, 0.2) is 71.7 Å². The smallest absolute Gasteiger partial charge is 0.266 e. The van der Waals surface area contributed by atoms with Crippen molar-refractivity contribution in [2.45, 2.75) is 38.7 Å². The Labute approximate surface area is 209 Å². The number of carbonyl (C=O) groups is 1. The van der Waals surface area contributed by atoms with Gasteiger partial charge in [-0.05, 0) is 68.5 Å². The van der Waals surface area contributed by atoms with Crippen molar-refractivity contribution in [1.82, 2.24) is 9.38 Å². The van der Waals surface area contributed by atoms with Crippen LogP contribution in [0.4, 0.5) is 0 Å². The highest BCUT2D eigenvalue weighted by Crippen LogP contribution is 2.36. The van der Waals surface area contributed by atoms with Crippen molar-refractivity contribution in [3.05, 3.63) is 94.0 Å². The topological polar surface area (TPSA) is 69.9 Å². The second-order valence-electron chi connectivity index (χ2n) is 8.98. The van der Waals surface area contributed by atoms with Gasteiger partial charge in [-0.2, -0.15) is 0 Å². The molecule has 5 rings (SSSR count). The third-order valence-corrected chi connectivity index (χ3v) is 6.58. The van der Waals surface area contributed by atoms with Crippen LogP contribution in [0.5, 0.6) is 11.5 Å². The molecule has 2 aromatic carbocycles. The fourth-order valence-corrected chi connectivity index (χ4v) is 4.66. The molecule has 36 heavy (non-hydrogen) atoms. The highest BCUT2D eigenvalue weighted by Gasteiger charge is 2.20. The Kier molecular flexibility index (Phi) is 6.67. The predicted molar refractivity (Wildman–Crippen MR) is 142 cm³/mol. The van der Waals surface area contributed by atoms with Gasteiger partial charge < -0.3 is 9.47 Å². The summed E-state index contributed by atoms with van der Waals surface area (Å²) in [6, 6.07) is 18.3. The summed E-state index contributed by atoms with van der Waals surface area (Å²) in [6.07, 6.45) is 10.0. The molecule has 0 atom stereocenters. The van der Waals surface area contributed by atoms with Gasteiger partial charge in [0, 0.05) is 17.3 Å². The first-order valence-corrected chi connectivity index (χ1v) is 12.2. The first-order valence-electron chi connectivity index (χ1n) is 12.2. The maximum atomic E-state index is 13.6. The van der Waals surface area contributed by atoms with Crippen molar-refractivity contribution in [3.8, 4) is 22.6 Å². The van der Waals surface area contributed by atoms with E-state index in [9.17, 15) is 9.59 Å². The Hall–Kier alpha value is -4.19. The molecular formula is C30H28N2O4. The maximum Gasteiger partial charge on any atom is 0.266 e. The van der Waals surface area contributed by atoms with Crippen LogP contribution < -0.4 is 15.0 Å². The lowest BCUT2D eigenvalue weighted by Gasteiger charge is -2.18. The summed E-state index contributed by atoms with van der Waals surface area (Å²) in [7, 11) is 1.64. The molecule has 2 heterocycles. The van der Waals surface area contributed by atoms with E-state index < -0.39 is 0 Å². The zero-order valence-corrected chi connectivity index (χ0v) is 20.4. The number of rotatable bonds is 7. The minimum absolute atomic E-state index is 0.0251. The molecule has 6 heteroatoms. The van der Waals surface area contributed by atoms with E-state index >= 15 is 0 Å². The minimum atomic E-state index is -0.177. The van der Waals surface area contributed by atoms with Gasteiger partial charge in [0.1, 0.15) is 5.65 Å². The number of methoxy groups -OCH3 is 1. The lowest BCUT2D eigenvalue weighted by molar-refractivity contribution is 0.101. The van der Waals surface area contributed by atoms with E-state index in [2.05, 4.69) is 0 Å². The van der Waals surface area contributed by atoms with Crippen molar-refractivity contribution in [1.29, 1.82) is 0 Å². The van der Waals surface area contributed by atoms with Gasteiger partial charge in [-0.15, -0.1) is 0 Å². The van der Waals surface area contributed by atoms with Crippen LogP contribution in [0.2, 0.25) is 0 Å². The number of ketones is 1. The van der Waals surface area contributed by atoms with Gasteiger partial charge in [-0.1, -0.05) is 42.5 Å². The Bertz CT molecular complexity index is 1500. The standard InChI is InChI=1S/C30H28N2O4/c1-20(33)21-13-15-22(16-14-21)28-25(31-27-12-5-6-19-32(27)30(28)34)18-17-23-8-7-11-26(35-2)29(23)36-24-9-3-4-10-24/h5-8,11-19,24H,3-4,9-10H2,1-2H3/b18-17+. The molecule has 0 radical (unpaired) electrons. The predicted octanol–water partition coefficient (Wildman–Crippen LogP) is 6.06. The number of Topliss-reactive ketones (excluding diaryl/α,β-unsaturated/α-hetero) is 1. The Balaban J connectivity index is 1.62. The second kappa shape index (κ2) is 10.2. The van der Waals surface area contributed by atoms with Crippen molar-refractivity contribution in [2.75, 3.05) is 7.11 Å². The molecule has 4 aromatic rings. The number of fused-ring (bicyclic) bond motifs is 1. The molecule has 1 fully saturated rings. The van der Waals surface area contributed by atoms with Gasteiger partial charge >= 0.3 is 0 Å². The lowest BCUT2D eigenvalue weighted by atomic mass is 10.0. The first kappa shape index (κ1) is 23.5. The van der Waals surface area contributed by atoms with Crippen LogP contribution in [0.25, 0.3) is 28.9 Å². The van der Waals surface area contributed by atoms with Gasteiger partial charge in [-0.3, -0.25) is 14.0 Å². The number of aromatic nitrogens is 2. The largest absolute Gasteiger partial charge is 0.493 e. The van der Waals surface area contributed by atoms with Crippen molar-refractivity contribution in [2.24, 2.45) is 0 Å². The van der Waals surface area contributed by atoms with E-state index in [1.54, 1.807) is 43.6 Å². The van der Waals surface area contributed by atoms with Crippen molar-refractivity contribution >= 4 is 23.6 Å². The van der Waals surface area contributed by atoms with E-state index in [0.717, 1.165) is 18.4 Å². The Morgan fingerprint density at radius 3 is 2.50 bits per heavy atom. The Morgan fingerprint density at radius 2 is 1.78 bits per heavy atom. The quantitative estimate of drug-likeness (QED) is 0.301. The molecule has 182 valence electrons. The highest BCUT2D eigenvalue weighted by molar-refractivity contribution is 5.94. The summed E-state index contributed by atoms with van der Waals surface area (Å²) in [5, 5.41) is 0. The molecule has 6 nitrogen and oxygen atoms in total. The molecule has 1 aliphatic carbocycles. The van der Waals surface area contributed by atoms with Crippen LogP contribution in [-0.2, 0) is 0 Å². The molecule has 1 aliphatic rings. The third kappa shape index (κ3) is 4.67. The molecule has 0 bridgehead atoms. The lowest BCUT2D eigenvalue weighted by Crippen LogP contribution is -2.18. The number of nitrogens with zero attached hydrogens (tertiary/aromatic N) is 2. The van der Waals surface area contributed by atoms with Gasteiger partial charge in [0.2, 0.25) is 0 Å². The normalized spacial score (nSPS) is 13.9. The number of pyridine rings is 1. The van der Waals surface area contributed by atoms with E-state index in [1.165, 1.54) is 24.2 Å². The van der Waals surface area contributed by atoms with Gasteiger partial charge in [0.15, 0.2) is 17.3 Å². The van der Waals surface area contributed by atoms with E-state index in [4.69, 9.17) is 14.5 Å². The number of ether oxygens (including phenoxy) is 2. The number of hydrogen-bond acceptors (Lipinski definition) is 5. The summed E-state index contributed by atoms with van der Waals surface area (Å²) in [5.41, 5.74) is 3.53. The van der Waals surface area contributed by atoms with Crippen LogP contribution >= 0.6 is 0 Å². The maximum absolute atomic E-state index is 13.6. The number of carbonyl (C=O) groups excluding carboxylic acids is 1. The number of hydrogen-bond donors (Lipinski definition) is 0. The van der Waals surface area contributed by atoms with Crippen LogP contribution in [0.3, 0.4) is 0 Å². The Morgan fingerprint density at radius 1 is 1.00 bits per heavy atom. The van der Waals surface area contributed by atoms with Crippen LogP contribution in [-0.4, -0.2) is 28.4 Å². The van der Waals surface area contributed by atoms with E-state index in [-0.39, 0.29) is 17.4 Å². The molecular weight excluding hydrogens is 452 g/mol. The molecule has 0 saturated heterocycles. The average Bonchev–Trinajstić information content (AvgIpc) is 3.41. The zero-order valence-electron chi connectivity index (χ0n) is 20.4. The summed E-state index contributed by atoms with van der Waals surface area (Å²) >= 11 is 0. The molecule has 0 spiro atoms. The summed E-state index contributed by atoms with van der Waals surface area (Å²) in [5.74, 6) is 1.35. The molecule has 2 aromatic heterocycles. The van der Waals surface area contributed by atoms with Gasteiger partial charge in [-0.25, -0.2) is 4.98 Å². The highest BCUT2D eigenvalue weighted by atomic mass is 16.5. The molecule has 0 aliphatic heterocycles. The summed E-state index contributed by atoms with van der Waals surface area (Å²) in [6.45, 7) is 1.52. The summed E-state index contributed by atoms with van der Waals surface area (Å²) in [4.78, 5) is 30.1. The van der Waals surface area contributed by atoms with Crippen LogP contribution in [0, 0.1) is 0 Å². The summed E-state index contributed by atoms with van der Waals surface area (Å²) < 4.78 is 13.5. The second-order valence-corrected chi connectivity index (χ2v) is 8.98. The number of benzene rings is 2. The number of para-hydroxylation sites is 1. The molecule has 0 unspecified atom stereocenters. The van der Waals surface area contributed by atoms with Gasteiger partial charge in [0.05, 0.1) is 24.5 Å². The van der Waals surface area contributed by atoms with Gasteiger partial charge in [0.25, 0.3) is 5.56 Å². The first-order chi connectivity index (χ1) is 17.5. The minimum Gasteiger partial charge on any atom is -0.493 e. The molecule has 0 N–H and O–H groups in total. The fraction of sp³-hybridized carbons (Fsp3) is 0.233. The molecule has 0 amide bonds.